The minimum atomic E-state index is -3.61. The molecule has 2 amide bonds. The van der Waals surface area contributed by atoms with Crippen LogP contribution in [0.4, 0.5) is 15.8 Å². The molecule has 0 aliphatic rings. The monoisotopic (exact) mass is 378 g/mol. The number of sulfone groups is 1. The third-order valence-corrected chi connectivity index (χ3v) is 5.27. The van der Waals surface area contributed by atoms with E-state index in [1.54, 1.807) is 12.1 Å². The molecule has 2 N–H and O–H groups in total. The van der Waals surface area contributed by atoms with Crippen LogP contribution in [0, 0.1) is 12.7 Å². The van der Waals surface area contributed by atoms with Gasteiger partial charge in [-0.05, 0) is 37.3 Å². The van der Waals surface area contributed by atoms with Crippen molar-refractivity contribution < 1.29 is 22.4 Å². The molecule has 0 saturated carbocycles. The minimum absolute atomic E-state index is 0.131. The zero-order valence-electron chi connectivity index (χ0n) is 14.4. The van der Waals surface area contributed by atoms with Crippen molar-refractivity contribution in [2.75, 3.05) is 16.4 Å². The molecule has 0 saturated heterocycles. The summed E-state index contributed by atoms with van der Waals surface area (Å²) in [5.41, 5.74) is 1.12. The number of amides is 2. The van der Waals surface area contributed by atoms with Crippen molar-refractivity contribution in [3.63, 3.8) is 0 Å². The maximum atomic E-state index is 13.8. The fourth-order valence-electron chi connectivity index (χ4n) is 2.21. The number of hydrogen-bond donors (Lipinski definition) is 2. The Kier molecular flexibility index (Phi) is 6.10. The Morgan fingerprint density at radius 2 is 1.69 bits per heavy atom. The van der Waals surface area contributed by atoms with Gasteiger partial charge in [-0.2, -0.15) is 0 Å². The number of carbonyl (C=O) groups is 2. The third kappa shape index (κ3) is 5.38. The zero-order chi connectivity index (χ0) is 19.3. The van der Waals surface area contributed by atoms with Crippen LogP contribution in [0.3, 0.4) is 0 Å². The number of rotatable bonds is 6. The molecule has 0 aliphatic heterocycles. The SMILES string of the molecule is CC(=O)Nc1ccc(F)c(NC(=O)CCS(=O)(=O)c2ccc(C)cc2)c1. The van der Waals surface area contributed by atoms with Gasteiger partial charge in [-0.25, -0.2) is 12.8 Å². The lowest BCUT2D eigenvalue weighted by molar-refractivity contribution is -0.116. The summed E-state index contributed by atoms with van der Waals surface area (Å²) in [7, 11) is -3.61. The number of halogens is 1. The summed E-state index contributed by atoms with van der Waals surface area (Å²) in [6, 6.07) is 10.0. The van der Waals surface area contributed by atoms with E-state index in [4.69, 9.17) is 0 Å². The first-order valence-electron chi connectivity index (χ1n) is 7.84. The number of carbonyl (C=O) groups excluding carboxylic acids is 2. The molecular formula is C18H19FN2O4S. The Balaban J connectivity index is 2.02. The van der Waals surface area contributed by atoms with Gasteiger partial charge in [0.15, 0.2) is 9.84 Å². The number of hydrogen-bond acceptors (Lipinski definition) is 4. The van der Waals surface area contributed by atoms with Crippen molar-refractivity contribution in [3.8, 4) is 0 Å². The minimum Gasteiger partial charge on any atom is -0.326 e. The Morgan fingerprint density at radius 3 is 2.31 bits per heavy atom. The molecule has 26 heavy (non-hydrogen) atoms. The molecule has 2 aromatic rings. The second-order valence-corrected chi connectivity index (χ2v) is 7.92. The van der Waals surface area contributed by atoms with Gasteiger partial charge in [-0.3, -0.25) is 9.59 Å². The van der Waals surface area contributed by atoms with Crippen LogP contribution in [0.25, 0.3) is 0 Å². The van der Waals surface area contributed by atoms with Crippen LogP contribution in [0.5, 0.6) is 0 Å². The van der Waals surface area contributed by atoms with Crippen LogP contribution in [0.2, 0.25) is 0 Å². The highest BCUT2D eigenvalue weighted by atomic mass is 32.2. The van der Waals surface area contributed by atoms with Gasteiger partial charge in [0.05, 0.1) is 16.3 Å². The Bertz CT molecular complexity index is 925. The first kappa shape index (κ1) is 19.6. The van der Waals surface area contributed by atoms with Crippen molar-refractivity contribution in [1.29, 1.82) is 0 Å². The highest BCUT2D eigenvalue weighted by Crippen LogP contribution is 2.20. The van der Waals surface area contributed by atoms with Gasteiger partial charge < -0.3 is 10.6 Å². The van der Waals surface area contributed by atoms with Crippen LogP contribution < -0.4 is 10.6 Å². The van der Waals surface area contributed by atoms with Crippen molar-refractivity contribution in [2.24, 2.45) is 0 Å². The van der Waals surface area contributed by atoms with Gasteiger partial charge in [0, 0.05) is 19.0 Å². The van der Waals surface area contributed by atoms with Crippen molar-refractivity contribution in [2.45, 2.75) is 25.2 Å². The van der Waals surface area contributed by atoms with E-state index in [-0.39, 0.29) is 22.9 Å². The average molecular weight is 378 g/mol. The Labute approximate surface area is 151 Å². The normalized spacial score (nSPS) is 11.0. The second-order valence-electron chi connectivity index (χ2n) is 5.81. The van der Waals surface area contributed by atoms with E-state index in [9.17, 15) is 22.4 Å². The van der Waals surface area contributed by atoms with Crippen LogP contribution in [-0.2, 0) is 19.4 Å². The predicted octanol–water partition coefficient (Wildman–Crippen LogP) is 2.90. The fourth-order valence-corrected chi connectivity index (χ4v) is 3.45. The van der Waals surface area contributed by atoms with Crippen molar-refractivity contribution in [1.82, 2.24) is 0 Å². The van der Waals surface area contributed by atoms with Crippen LogP contribution in [0.15, 0.2) is 47.4 Å². The summed E-state index contributed by atoms with van der Waals surface area (Å²) < 4.78 is 38.3. The highest BCUT2D eigenvalue weighted by molar-refractivity contribution is 7.91. The highest BCUT2D eigenvalue weighted by Gasteiger charge is 2.17. The standard InChI is InChI=1S/C18H19FN2O4S/c1-12-3-6-15(7-4-12)26(24,25)10-9-18(23)21-17-11-14(20-13(2)22)5-8-16(17)19/h3-8,11H,9-10H2,1-2H3,(H,20,22)(H,21,23). The van der Waals surface area contributed by atoms with E-state index in [1.807, 2.05) is 6.92 Å². The molecule has 0 bridgehead atoms. The quantitative estimate of drug-likeness (QED) is 0.808. The summed E-state index contributed by atoms with van der Waals surface area (Å²) in [4.78, 5) is 23.2. The first-order chi connectivity index (χ1) is 12.2. The molecule has 0 unspecified atom stereocenters. The van der Waals surface area contributed by atoms with Crippen molar-refractivity contribution in [3.05, 3.63) is 53.8 Å². The van der Waals surface area contributed by atoms with E-state index in [0.29, 0.717) is 5.69 Å². The molecule has 0 atom stereocenters. The molecule has 0 aliphatic carbocycles. The molecule has 0 spiro atoms. The number of anilines is 2. The predicted molar refractivity (Wildman–Crippen MR) is 97.2 cm³/mol. The summed E-state index contributed by atoms with van der Waals surface area (Å²) in [5, 5.41) is 4.80. The summed E-state index contributed by atoms with van der Waals surface area (Å²) >= 11 is 0. The van der Waals surface area contributed by atoms with Gasteiger partial charge in [-0.15, -0.1) is 0 Å². The summed E-state index contributed by atoms with van der Waals surface area (Å²) in [6.07, 6.45) is -0.319. The molecule has 0 fully saturated rings. The van der Waals surface area contributed by atoms with Gasteiger partial charge in [0.1, 0.15) is 5.82 Å². The van der Waals surface area contributed by atoms with Crippen LogP contribution in [0.1, 0.15) is 18.9 Å². The Hall–Kier alpha value is -2.74. The van der Waals surface area contributed by atoms with E-state index < -0.39 is 27.3 Å². The zero-order valence-corrected chi connectivity index (χ0v) is 15.2. The number of aryl methyl sites for hydroxylation is 1. The smallest absolute Gasteiger partial charge is 0.225 e. The molecule has 0 heterocycles. The molecule has 0 aromatic heterocycles. The lowest BCUT2D eigenvalue weighted by atomic mass is 10.2. The number of benzene rings is 2. The molecule has 8 heteroatoms. The van der Waals surface area contributed by atoms with Crippen LogP contribution >= 0.6 is 0 Å². The molecular weight excluding hydrogens is 359 g/mol. The van der Waals surface area contributed by atoms with Crippen LogP contribution in [-0.4, -0.2) is 26.0 Å². The third-order valence-electron chi connectivity index (χ3n) is 3.54. The average Bonchev–Trinajstić information content (AvgIpc) is 2.56. The van der Waals surface area contributed by atoms with Gasteiger partial charge in [-0.1, -0.05) is 17.7 Å². The Morgan fingerprint density at radius 1 is 1.04 bits per heavy atom. The van der Waals surface area contributed by atoms with Gasteiger partial charge >= 0.3 is 0 Å². The maximum absolute atomic E-state index is 13.8. The van der Waals surface area contributed by atoms with E-state index >= 15 is 0 Å². The summed E-state index contributed by atoms with van der Waals surface area (Å²) in [6.45, 7) is 3.14. The lowest BCUT2D eigenvalue weighted by Gasteiger charge is -2.09. The first-order valence-corrected chi connectivity index (χ1v) is 9.49. The summed E-state index contributed by atoms with van der Waals surface area (Å²) in [5.74, 6) is -2.05. The van der Waals surface area contributed by atoms with Crippen molar-refractivity contribution >= 4 is 33.0 Å². The molecule has 6 nitrogen and oxygen atoms in total. The lowest BCUT2D eigenvalue weighted by Crippen LogP contribution is -2.18. The van der Waals surface area contributed by atoms with Gasteiger partial charge in [0.25, 0.3) is 0 Å². The topological polar surface area (TPSA) is 92.3 Å². The van der Waals surface area contributed by atoms with Gasteiger partial charge in [0.2, 0.25) is 11.8 Å². The van der Waals surface area contributed by atoms with E-state index in [1.165, 1.54) is 31.2 Å². The second kappa shape index (κ2) is 8.09. The number of nitrogens with one attached hydrogen (secondary N) is 2. The fraction of sp³-hybridized carbons (Fsp3) is 0.222. The largest absolute Gasteiger partial charge is 0.326 e. The molecule has 0 radical (unpaired) electrons. The van der Waals surface area contributed by atoms with E-state index in [2.05, 4.69) is 10.6 Å². The molecule has 2 rings (SSSR count). The molecule has 2 aromatic carbocycles. The van der Waals surface area contributed by atoms with E-state index in [0.717, 1.165) is 11.6 Å². The maximum Gasteiger partial charge on any atom is 0.225 e. The molecule has 138 valence electrons.